The molecule has 0 fully saturated rings. The van der Waals surface area contributed by atoms with E-state index in [-0.39, 0.29) is 34.3 Å². The lowest BCUT2D eigenvalue weighted by molar-refractivity contribution is 0.0773. The number of nitrogens with two attached hydrogens (primary N) is 1. The molecular weight excluding hydrogens is 430 g/mol. The maximum atomic E-state index is 14.0. The quantitative estimate of drug-likeness (QED) is 0.545. The molecule has 3 N–H and O–H groups in total. The highest BCUT2D eigenvalue weighted by Gasteiger charge is 2.30. The van der Waals surface area contributed by atoms with Crippen LogP contribution in [0, 0.1) is 11.6 Å². The van der Waals surface area contributed by atoms with Crippen LogP contribution in [0.2, 0.25) is 5.02 Å². The zero-order chi connectivity index (χ0) is 21.4. The van der Waals surface area contributed by atoms with Gasteiger partial charge in [0.05, 0.1) is 23.0 Å². The number of hydrogen-bond acceptors (Lipinski definition) is 7. The summed E-state index contributed by atoms with van der Waals surface area (Å²) < 4.78 is 50.5. The molecule has 2 aromatic heterocycles. The predicted octanol–water partition coefficient (Wildman–Crippen LogP) is 1.21. The molecule has 13 heteroatoms. The molecule has 0 aliphatic carbocycles. The molecule has 3 rings (SSSR count). The molecule has 0 saturated heterocycles. The van der Waals surface area contributed by atoms with Crippen LogP contribution in [0.25, 0.3) is 11.5 Å². The third kappa shape index (κ3) is 4.90. The predicted molar refractivity (Wildman–Crippen MR) is 99.1 cm³/mol. The van der Waals surface area contributed by atoms with Gasteiger partial charge in [-0.3, -0.25) is 0 Å². The van der Waals surface area contributed by atoms with Crippen LogP contribution in [0.3, 0.4) is 0 Å². The molecule has 0 aliphatic heterocycles. The van der Waals surface area contributed by atoms with Crippen molar-refractivity contribution in [3.05, 3.63) is 58.2 Å². The molecule has 154 valence electrons. The Labute approximate surface area is 169 Å². The van der Waals surface area contributed by atoms with E-state index in [2.05, 4.69) is 20.4 Å². The van der Waals surface area contributed by atoms with E-state index >= 15 is 0 Å². The van der Waals surface area contributed by atoms with Crippen molar-refractivity contribution in [1.82, 2.24) is 25.2 Å². The first kappa shape index (κ1) is 21.2. The van der Waals surface area contributed by atoms with Gasteiger partial charge in [-0.05, 0) is 36.4 Å². The Hall–Kier alpha value is -2.54. The number of nitrogens with zero attached hydrogens (tertiary/aromatic N) is 5. The van der Waals surface area contributed by atoms with Crippen molar-refractivity contribution in [1.29, 1.82) is 0 Å². The summed E-state index contributed by atoms with van der Waals surface area (Å²) in [5.41, 5.74) is -2.01. The molecule has 0 aliphatic rings. The Morgan fingerprint density at radius 2 is 2.00 bits per heavy atom. The van der Waals surface area contributed by atoms with E-state index < -0.39 is 33.0 Å². The molecule has 9 nitrogen and oxygen atoms in total. The summed E-state index contributed by atoms with van der Waals surface area (Å²) in [5.74, 6) is -2.49. The van der Waals surface area contributed by atoms with Crippen LogP contribution in [0.15, 0.2) is 30.3 Å². The topological polar surface area (TPSA) is 137 Å². The van der Waals surface area contributed by atoms with E-state index in [0.717, 1.165) is 16.9 Å². The van der Waals surface area contributed by atoms with Gasteiger partial charge in [0.25, 0.3) is 0 Å². The van der Waals surface area contributed by atoms with Gasteiger partial charge in [0.15, 0.2) is 0 Å². The largest absolute Gasteiger partial charge is 0.383 e. The van der Waals surface area contributed by atoms with Crippen LogP contribution < -0.4 is 5.14 Å². The van der Waals surface area contributed by atoms with E-state index in [1.54, 1.807) is 0 Å². The number of aliphatic hydroxyl groups is 1. The lowest BCUT2D eigenvalue weighted by Gasteiger charge is -2.21. The van der Waals surface area contributed by atoms with Gasteiger partial charge in [0.1, 0.15) is 22.9 Å². The minimum Gasteiger partial charge on any atom is -0.383 e. The lowest BCUT2D eigenvalue weighted by Crippen LogP contribution is -2.35. The zero-order valence-electron chi connectivity index (χ0n) is 14.9. The van der Waals surface area contributed by atoms with E-state index in [0.29, 0.717) is 0 Å². The smallest absolute Gasteiger partial charge is 0.223 e. The van der Waals surface area contributed by atoms with E-state index in [4.69, 9.17) is 16.7 Å². The van der Waals surface area contributed by atoms with Crippen molar-refractivity contribution in [2.24, 2.45) is 5.14 Å². The van der Waals surface area contributed by atoms with Crippen LogP contribution in [0.1, 0.15) is 18.2 Å². The molecule has 3 aromatic rings. The summed E-state index contributed by atoms with van der Waals surface area (Å²) >= 11 is 5.67. The summed E-state index contributed by atoms with van der Waals surface area (Å²) in [6.45, 7) is 0.881. The number of rotatable bonds is 6. The fourth-order valence-corrected chi connectivity index (χ4v) is 3.70. The van der Waals surface area contributed by atoms with Crippen LogP contribution in [0.5, 0.6) is 0 Å². The van der Waals surface area contributed by atoms with Gasteiger partial charge in [0.2, 0.25) is 15.8 Å². The van der Waals surface area contributed by atoms with E-state index in [9.17, 15) is 22.3 Å². The monoisotopic (exact) mass is 444 g/mol. The average Bonchev–Trinajstić information content (AvgIpc) is 3.09. The van der Waals surface area contributed by atoms with Gasteiger partial charge in [-0.25, -0.2) is 27.3 Å². The maximum absolute atomic E-state index is 14.0. The molecule has 2 heterocycles. The molecule has 0 unspecified atom stereocenters. The van der Waals surface area contributed by atoms with Gasteiger partial charge in [-0.1, -0.05) is 17.7 Å². The first-order chi connectivity index (χ1) is 13.5. The molecule has 0 bridgehead atoms. The number of benzene rings is 1. The van der Waals surface area contributed by atoms with E-state index in [1.165, 1.54) is 25.1 Å². The van der Waals surface area contributed by atoms with Crippen molar-refractivity contribution >= 4 is 21.6 Å². The Morgan fingerprint density at radius 3 is 2.69 bits per heavy atom. The molecule has 0 amide bonds. The Kier molecular flexibility index (Phi) is 5.63. The number of sulfonamides is 1. The standard InChI is InChI=1S/C16H15ClF2N6O3S/c1-16(26,8-29(20,27)28)13-4-2-3-12(21-13)15-22-24-25(23-15)7-9-11(18)6-5-10(17)14(9)19/h2-6,26H,7-8H2,1H3,(H2,20,27,28)/t16-/m0/s1. The molecule has 0 radical (unpaired) electrons. The molecule has 1 atom stereocenters. The number of primary sulfonamides is 1. The highest BCUT2D eigenvalue weighted by atomic mass is 35.5. The highest BCUT2D eigenvalue weighted by molar-refractivity contribution is 7.89. The second-order valence-electron chi connectivity index (χ2n) is 6.45. The number of hydrogen-bond donors (Lipinski definition) is 2. The Balaban J connectivity index is 1.89. The van der Waals surface area contributed by atoms with Crippen LogP contribution in [0.4, 0.5) is 8.78 Å². The van der Waals surface area contributed by atoms with Crippen LogP contribution in [-0.2, 0) is 22.2 Å². The maximum Gasteiger partial charge on any atom is 0.223 e. The Morgan fingerprint density at radius 1 is 1.28 bits per heavy atom. The number of pyridine rings is 1. The summed E-state index contributed by atoms with van der Waals surface area (Å²) in [6, 6.07) is 6.54. The van der Waals surface area contributed by atoms with Gasteiger partial charge in [0, 0.05) is 5.56 Å². The minimum absolute atomic E-state index is 0.00102. The summed E-state index contributed by atoms with van der Waals surface area (Å²) in [6.07, 6.45) is 0. The number of aromatic nitrogens is 5. The van der Waals surface area contributed by atoms with Crippen LogP contribution in [-0.4, -0.2) is 44.5 Å². The average molecular weight is 445 g/mol. The van der Waals surface area contributed by atoms with Crippen LogP contribution >= 0.6 is 11.6 Å². The first-order valence-corrected chi connectivity index (χ1v) is 10.2. The Bertz CT molecular complexity index is 1170. The third-order valence-electron chi connectivity index (χ3n) is 3.90. The minimum atomic E-state index is -3.97. The fraction of sp³-hybridized carbons (Fsp3) is 0.250. The zero-order valence-corrected chi connectivity index (χ0v) is 16.5. The van der Waals surface area contributed by atoms with Crippen molar-refractivity contribution in [2.75, 3.05) is 5.75 Å². The molecule has 1 aromatic carbocycles. The van der Waals surface area contributed by atoms with Crippen molar-refractivity contribution in [3.8, 4) is 11.5 Å². The lowest BCUT2D eigenvalue weighted by atomic mass is 10.0. The molecule has 29 heavy (non-hydrogen) atoms. The first-order valence-electron chi connectivity index (χ1n) is 8.07. The summed E-state index contributed by atoms with van der Waals surface area (Å²) in [5, 5.41) is 26.7. The van der Waals surface area contributed by atoms with Gasteiger partial charge < -0.3 is 5.11 Å². The summed E-state index contributed by atoms with van der Waals surface area (Å²) in [7, 11) is -3.97. The number of halogens is 3. The molecular formula is C16H15ClF2N6O3S. The van der Waals surface area contributed by atoms with Gasteiger partial charge in [-0.2, -0.15) is 4.80 Å². The second kappa shape index (κ2) is 7.71. The second-order valence-corrected chi connectivity index (χ2v) is 8.48. The van der Waals surface area contributed by atoms with Crippen molar-refractivity contribution in [2.45, 2.75) is 19.1 Å². The third-order valence-corrected chi connectivity index (χ3v) is 5.16. The number of tetrazole rings is 1. The van der Waals surface area contributed by atoms with Gasteiger partial charge in [-0.15, -0.1) is 10.2 Å². The fourth-order valence-electron chi connectivity index (χ4n) is 2.59. The molecule has 0 saturated carbocycles. The normalized spacial score (nSPS) is 14.0. The summed E-state index contributed by atoms with van der Waals surface area (Å²) in [4.78, 5) is 5.10. The highest BCUT2D eigenvalue weighted by Crippen LogP contribution is 2.24. The van der Waals surface area contributed by atoms with E-state index in [1.807, 2.05) is 0 Å². The van der Waals surface area contributed by atoms with Crippen molar-refractivity contribution < 1.29 is 22.3 Å². The molecule has 0 spiro atoms. The van der Waals surface area contributed by atoms with Crippen molar-refractivity contribution in [3.63, 3.8) is 0 Å². The SMILES string of the molecule is C[C@](O)(CS(N)(=O)=O)c1cccc(-c2nnn(Cc3c(F)ccc(Cl)c3F)n2)n1. The van der Waals surface area contributed by atoms with Gasteiger partial charge >= 0.3 is 0 Å².